The number of benzene rings is 1. The predicted octanol–water partition coefficient (Wildman–Crippen LogP) is 5.36. The number of hydrogen-bond donors (Lipinski definition) is 1. The number of carbonyl (C=O) groups is 2. The van der Waals surface area contributed by atoms with Gasteiger partial charge in [0.05, 0.1) is 31.4 Å². The van der Waals surface area contributed by atoms with Gasteiger partial charge >= 0.3 is 0 Å². The van der Waals surface area contributed by atoms with Crippen LogP contribution in [-0.2, 0) is 25.3 Å². The van der Waals surface area contributed by atoms with Crippen molar-refractivity contribution in [2.75, 3.05) is 32.9 Å². The van der Waals surface area contributed by atoms with Gasteiger partial charge in [0.15, 0.2) is 8.32 Å². The summed E-state index contributed by atoms with van der Waals surface area (Å²) in [6.45, 7) is 13.3. The highest BCUT2D eigenvalue weighted by molar-refractivity contribution is 7.09. The number of aromatic nitrogens is 1. The van der Waals surface area contributed by atoms with Gasteiger partial charge in [-0.1, -0.05) is 44.5 Å². The normalized spacial score (nSPS) is 16.7. The van der Waals surface area contributed by atoms with Crippen molar-refractivity contribution in [3.05, 3.63) is 39.7 Å². The van der Waals surface area contributed by atoms with Crippen LogP contribution in [0, 0.1) is 5.92 Å². The maximum absolute atomic E-state index is 12.8. The standard InChI is InChI=1S/C26H38ClN3O4SSi/c1-26(2,3)36(4,5)34-14-13-33-17-24(31)30-12-6-7-20(16-30)25(32)28-15-23-29-22(18-35-23)19-8-10-21(27)11-9-19/h8-11,18,20H,6-7,12-17H2,1-5H3,(H,28,32)/t20-/m0/s1. The van der Waals surface area contributed by atoms with E-state index in [0.29, 0.717) is 37.9 Å². The first-order valence-corrected chi connectivity index (χ1v) is 16.6. The molecule has 1 aromatic heterocycles. The molecular weight excluding hydrogens is 514 g/mol. The van der Waals surface area contributed by atoms with E-state index in [1.54, 1.807) is 4.90 Å². The van der Waals surface area contributed by atoms with E-state index < -0.39 is 8.32 Å². The summed E-state index contributed by atoms with van der Waals surface area (Å²) < 4.78 is 11.7. The summed E-state index contributed by atoms with van der Waals surface area (Å²) >= 11 is 7.47. The average Bonchev–Trinajstić information content (AvgIpc) is 3.31. The summed E-state index contributed by atoms with van der Waals surface area (Å²) in [5.74, 6) is -0.341. The molecule has 2 amide bonds. The number of nitrogens with zero attached hydrogens (tertiary/aromatic N) is 2. The lowest BCUT2D eigenvalue weighted by Crippen LogP contribution is -2.46. The van der Waals surface area contributed by atoms with Crippen LogP contribution in [0.2, 0.25) is 23.2 Å². The summed E-state index contributed by atoms with van der Waals surface area (Å²) in [5.41, 5.74) is 1.86. The molecule has 2 heterocycles. The van der Waals surface area contributed by atoms with Crippen LogP contribution in [-0.4, -0.2) is 62.9 Å². The molecule has 2 aromatic rings. The van der Waals surface area contributed by atoms with Crippen molar-refractivity contribution in [1.29, 1.82) is 0 Å². The van der Waals surface area contributed by atoms with E-state index >= 15 is 0 Å². The third kappa shape index (κ3) is 8.11. The number of carbonyl (C=O) groups excluding carboxylic acids is 2. The zero-order valence-corrected chi connectivity index (χ0v) is 24.5. The van der Waals surface area contributed by atoms with E-state index in [1.807, 2.05) is 29.6 Å². The largest absolute Gasteiger partial charge is 0.414 e. The Hall–Kier alpha value is -1.78. The zero-order valence-electron chi connectivity index (χ0n) is 21.9. The first-order valence-electron chi connectivity index (χ1n) is 12.4. The molecule has 7 nitrogen and oxygen atoms in total. The van der Waals surface area contributed by atoms with E-state index in [4.69, 9.17) is 20.8 Å². The highest BCUT2D eigenvalue weighted by atomic mass is 35.5. The number of rotatable bonds is 10. The number of ether oxygens (including phenoxy) is 1. The number of hydrogen-bond acceptors (Lipinski definition) is 6. The third-order valence-electron chi connectivity index (χ3n) is 6.97. The summed E-state index contributed by atoms with van der Waals surface area (Å²) in [5, 5.41) is 6.64. The minimum absolute atomic E-state index is 0.0157. The van der Waals surface area contributed by atoms with Gasteiger partial charge < -0.3 is 19.4 Å². The van der Waals surface area contributed by atoms with E-state index in [1.165, 1.54) is 11.3 Å². The van der Waals surface area contributed by atoms with Crippen LogP contribution in [0.3, 0.4) is 0 Å². The Kier molecular flexibility index (Phi) is 10.1. The van der Waals surface area contributed by atoms with Gasteiger partial charge in [-0.2, -0.15) is 0 Å². The first-order chi connectivity index (χ1) is 17.0. The second-order valence-corrected chi connectivity index (χ2v) is 16.9. The van der Waals surface area contributed by atoms with Crippen LogP contribution in [0.15, 0.2) is 29.6 Å². The van der Waals surface area contributed by atoms with E-state index in [9.17, 15) is 9.59 Å². The van der Waals surface area contributed by atoms with Crippen molar-refractivity contribution in [2.45, 2.75) is 58.3 Å². The highest BCUT2D eigenvalue weighted by Crippen LogP contribution is 2.36. The van der Waals surface area contributed by atoms with Crippen LogP contribution in [0.5, 0.6) is 0 Å². The number of halogens is 1. The molecule has 198 valence electrons. The number of nitrogens with one attached hydrogen (secondary N) is 1. The fraction of sp³-hybridized carbons (Fsp3) is 0.577. The van der Waals surface area contributed by atoms with Crippen molar-refractivity contribution in [3.8, 4) is 11.3 Å². The highest BCUT2D eigenvalue weighted by Gasteiger charge is 2.37. The Bertz CT molecular complexity index is 1020. The SMILES string of the molecule is CC(C)(C)[Si](C)(C)OCCOCC(=O)N1CCC[C@H](C(=O)NCc2nc(-c3ccc(Cl)cc3)cs2)C1. The molecule has 0 aliphatic carbocycles. The summed E-state index contributed by atoms with van der Waals surface area (Å²) in [4.78, 5) is 31.8. The van der Waals surface area contributed by atoms with Crippen molar-refractivity contribution in [3.63, 3.8) is 0 Å². The lowest BCUT2D eigenvalue weighted by Gasteiger charge is -2.36. The molecule has 1 aliphatic rings. The summed E-state index contributed by atoms with van der Waals surface area (Å²) in [6, 6.07) is 7.53. The minimum atomic E-state index is -1.82. The van der Waals surface area contributed by atoms with Gasteiger partial charge in [0.25, 0.3) is 0 Å². The molecule has 0 unspecified atom stereocenters. The number of amides is 2. The van der Waals surface area contributed by atoms with E-state index in [0.717, 1.165) is 29.1 Å². The maximum Gasteiger partial charge on any atom is 0.248 e. The van der Waals surface area contributed by atoms with Crippen LogP contribution in [0.1, 0.15) is 38.6 Å². The maximum atomic E-state index is 12.8. The Morgan fingerprint density at radius 2 is 1.94 bits per heavy atom. The fourth-order valence-corrected chi connectivity index (χ4v) is 5.59. The van der Waals surface area contributed by atoms with Crippen molar-refractivity contribution < 1.29 is 18.8 Å². The van der Waals surface area contributed by atoms with Gasteiger partial charge in [-0.15, -0.1) is 11.3 Å². The van der Waals surface area contributed by atoms with Gasteiger partial charge in [0.1, 0.15) is 11.6 Å². The molecule has 1 aromatic carbocycles. The number of likely N-dealkylation sites (tertiary alicyclic amines) is 1. The van der Waals surface area contributed by atoms with Crippen LogP contribution in [0.4, 0.5) is 0 Å². The molecule has 10 heteroatoms. The van der Waals surface area contributed by atoms with Crippen LogP contribution < -0.4 is 5.32 Å². The molecule has 0 spiro atoms. The first kappa shape index (κ1) is 28.8. The molecule has 1 fully saturated rings. The molecule has 1 saturated heterocycles. The molecule has 3 rings (SSSR count). The molecule has 1 N–H and O–H groups in total. The molecule has 0 saturated carbocycles. The molecule has 1 atom stereocenters. The zero-order chi connectivity index (χ0) is 26.3. The lowest BCUT2D eigenvalue weighted by atomic mass is 9.97. The van der Waals surface area contributed by atoms with Gasteiger partial charge in [0.2, 0.25) is 11.8 Å². The number of piperidine rings is 1. The van der Waals surface area contributed by atoms with Gasteiger partial charge in [0, 0.05) is 29.1 Å². The molecule has 0 radical (unpaired) electrons. The second-order valence-electron chi connectivity index (χ2n) is 10.7. The smallest absolute Gasteiger partial charge is 0.248 e. The monoisotopic (exact) mass is 551 g/mol. The van der Waals surface area contributed by atoms with Crippen molar-refractivity contribution in [2.24, 2.45) is 5.92 Å². The topological polar surface area (TPSA) is 80.8 Å². The Morgan fingerprint density at radius 3 is 2.64 bits per heavy atom. The van der Waals surface area contributed by atoms with Crippen LogP contribution >= 0.6 is 22.9 Å². The summed E-state index contributed by atoms with van der Waals surface area (Å²) in [6.07, 6.45) is 1.57. The van der Waals surface area contributed by atoms with Crippen molar-refractivity contribution >= 4 is 43.1 Å². The Morgan fingerprint density at radius 1 is 1.22 bits per heavy atom. The predicted molar refractivity (Wildman–Crippen MR) is 148 cm³/mol. The van der Waals surface area contributed by atoms with Crippen LogP contribution in [0.25, 0.3) is 11.3 Å². The van der Waals surface area contributed by atoms with Crippen molar-refractivity contribution in [1.82, 2.24) is 15.2 Å². The minimum Gasteiger partial charge on any atom is -0.414 e. The van der Waals surface area contributed by atoms with E-state index in [2.05, 4.69) is 44.2 Å². The van der Waals surface area contributed by atoms with Gasteiger partial charge in [-0.25, -0.2) is 4.98 Å². The Labute approximate surface area is 224 Å². The Balaban J connectivity index is 1.39. The van der Waals surface area contributed by atoms with Gasteiger partial charge in [-0.05, 0) is 43.1 Å². The lowest BCUT2D eigenvalue weighted by molar-refractivity contribution is -0.140. The molecular formula is C26H38ClN3O4SSi. The molecule has 36 heavy (non-hydrogen) atoms. The second kappa shape index (κ2) is 12.6. The average molecular weight is 552 g/mol. The summed E-state index contributed by atoms with van der Waals surface area (Å²) in [7, 11) is -1.82. The number of thiazole rings is 1. The molecule has 0 bridgehead atoms. The fourth-order valence-electron chi connectivity index (χ4n) is 3.69. The van der Waals surface area contributed by atoms with Gasteiger partial charge in [-0.3, -0.25) is 9.59 Å². The molecule has 1 aliphatic heterocycles. The third-order valence-corrected chi connectivity index (χ3v) is 12.6. The van der Waals surface area contributed by atoms with E-state index in [-0.39, 0.29) is 29.4 Å². The quantitative estimate of drug-likeness (QED) is 0.318.